The number of carbonyl (C=O) groups excluding carboxylic acids is 1. The zero-order valence-electron chi connectivity index (χ0n) is 5.84. The number of rotatable bonds is 1. The summed E-state index contributed by atoms with van der Waals surface area (Å²) < 4.78 is 13.4. The number of halogens is 2. The van der Waals surface area contributed by atoms with Gasteiger partial charge in [-0.15, -0.1) is 0 Å². The van der Waals surface area contributed by atoms with Gasteiger partial charge in [-0.25, -0.2) is 4.39 Å². The van der Waals surface area contributed by atoms with Crippen LogP contribution in [-0.4, -0.2) is 6.29 Å². The number of aldehydes is 1. The molecule has 60 valence electrons. The highest BCUT2D eigenvalue weighted by atomic mass is 79.9. The van der Waals surface area contributed by atoms with Crippen LogP contribution in [0.1, 0.15) is 15.9 Å². The minimum Gasteiger partial charge on any atom is -0.298 e. The Morgan fingerprint density at radius 1 is 1.58 bits per heavy atom. The first-order valence-corrected chi connectivity index (χ1v) is 3.83. The maximum Gasteiger partial charge on any atom is 0.154 e. The Morgan fingerprint density at radius 3 is 2.75 bits per heavy atom. The molecule has 1 aromatic carbocycles. The summed E-state index contributed by atoms with van der Waals surface area (Å²) in [7, 11) is 0. The molecule has 0 heterocycles. The molecule has 0 amide bonds. The molecule has 0 spiro atoms. The lowest BCUT2D eigenvalue weighted by molar-refractivity contribution is 0.111. The van der Waals surface area contributed by atoms with Crippen LogP contribution in [0.25, 0.3) is 0 Å². The number of hydrogen-bond donors (Lipinski definition) is 0. The zero-order chi connectivity index (χ0) is 9.14. The quantitative estimate of drug-likeness (QED) is 0.691. The Kier molecular flexibility index (Phi) is 2.56. The van der Waals surface area contributed by atoms with Crippen molar-refractivity contribution in [2.75, 3.05) is 0 Å². The van der Waals surface area contributed by atoms with Crippen molar-refractivity contribution >= 4 is 22.2 Å². The van der Waals surface area contributed by atoms with Crippen LogP contribution in [0.3, 0.4) is 0 Å². The van der Waals surface area contributed by atoms with Gasteiger partial charge in [0.25, 0.3) is 0 Å². The van der Waals surface area contributed by atoms with E-state index in [-0.39, 0.29) is 11.1 Å². The van der Waals surface area contributed by atoms with E-state index < -0.39 is 5.82 Å². The normalized spacial score (nSPS) is 9.08. The molecule has 4 heteroatoms. The molecule has 0 aromatic heterocycles. The van der Waals surface area contributed by atoms with Crippen molar-refractivity contribution in [2.45, 2.75) is 0 Å². The van der Waals surface area contributed by atoms with E-state index in [1.165, 1.54) is 12.1 Å². The fourth-order valence-corrected chi connectivity index (χ4v) is 1.16. The van der Waals surface area contributed by atoms with Crippen molar-refractivity contribution in [1.29, 1.82) is 5.26 Å². The maximum absolute atomic E-state index is 13.1. The second-order valence-corrected chi connectivity index (χ2v) is 2.91. The minimum absolute atomic E-state index is 0.117. The number of hydrogen-bond acceptors (Lipinski definition) is 2. The van der Waals surface area contributed by atoms with Gasteiger partial charge in [-0.3, -0.25) is 4.79 Å². The third-order valence-corrected chi connectivity index (χ3v) is 2.06. The molecule has 0 aliphatic carbocycles. The van der Waals surface area contributed by atoms with E-state index in [4.69, 9.17) is 5.26 Å². The van der Waals surface area contributed by atoms with Crippen LogP contribution in [0, 0.1) is 17.1 Å². The maximum atomic E-state index is 13.1. The highest BCUT2D eigenvalue weighted by molar-refractivity contribution is 9.10. The van der Waals surface area contributed by atoms with Gasteiger partial charge in [-0.1, -0.05) is 0 Å². The van der Waals surface area contributed by atoms with Gasteiger partial charge in [0.15, 0.2) is 12.1 Å². The van der Waals surface area contributed by atoms with Gasteiger partial charge in [0.2, 0.25) is 0 Å². The molecule has 0 bridgehead atoms. The molecule has 0 saturated carbocycles. The molecule has 0 fully saturated rings. The smallest absolute Gasteiger partial charge is 0.154 e. The van der Waals surface area contributed by atoms with Crippen LogP contribution in [0.2, 0.25) is 0 Å². The molecule has 0 N–H and O–H groups in total. The van der Waals surface area contributed by atoms with Crippen LogP contribution in [-0.2, 0) is 0 Å². The van der Waals surface area contributed by atoms with E-state index in [1.807, 2.05) is 0 Å². The fraction of sp³-hybridized carbons (Fsp3) is 0. The molecule has 1 aromatic rings. The molecular formula is C8H3BrFNO. The number of benzene rings is 1. The van der Waals surface area contributed by atoms with Crippen LogP contribution in [0.5, 0.6) is 0 Å². The van der Waals surface area contributed by atoms with Crippen molar-refractivity contribution in [3.63, 3.8) is 0 Å². The highest BCUT2D eigenvalue weighted by Crippen LogP contribution is 2.20. The Bertz CT molecular complexity index is 370. The van der Waals surface area contributed by atoms with E-state index in [1.54, 1.807) is 6.07 Å². The summed E-state index contributed by atoms with van der Waals surface area (Å²) in [6, 6.07) is 4.42. The van der Waals surface area contributed by atoms with E-state index in [0.29, 0.717) is 10.8 Å². The lowest BCUT2D eigenvalue weighted by Crippen LogP contribution is -1.93. The summed E-state index contributed by atoms with van der Waals surface area (Å²) in [5, 5.41) is 8.41. The number of carbonyl (C=O) groups is 1. The summed E-state index contributed by atoms with van der Waals surface area (Å²) in [5.41, 5.74) is -0.241. The van der Waals surface area contributed by atoms with Crippen LogP contribution < -0.4 is 0 Å². The lowest BCUT2D eigenvalue weighted by atomic mass is 10.1. The zero-order valence-corrected chi connectivity index (χ0v) is 7.43. The van der Waals surface area contributed by atoms with Crippen LogP contribution in [0.15, 0.2) is 16.6 Å². The van der Waals surface area contributed by atoms with E-state index in [2.05, 4.69) is 15.9 Å². The fourth-order valence-electron chi connectivity index (χ4n) is 0.764. The van der Waals surface area contributed by atoms with Gasteiger partial charge in [-0.2, -0.15) is 5.26 Å². The molecular weight excluding hydrogens is 225 g/mol. The molecule has 12 heavy (non-hydrogen) atoms. The second kappa shape index (κ2) is 3.46. The van der Waals surface area contributed by atoms with Crippen molar-refractivity contribution < 1.29 is 9.18 Å². The standard InChI is InChI=1S/C8H3BrFNO/c9-7-2-1-5(3-11)8(10)6(7)4-12/h1-2,4H. The van der Waals surface area contributed by atoms with Crippen molar-refractivity contribution in [3.8, 4) is 6.07 Å². The highest BCUT2D eigenvalue weighted by Gasteiger charge is 2.10. The molecule has 1 rings (SSSR count). The van der Waals surface area contributed by atoms with Gasteiger partial charge >= 0.3 is 0 Å². The van der Waals surface area contributed by atoms with Gasteiger partial charge in [0.1, 0.15) is 6.07 Å². The Labute approximate surface area is 76.7 Å². The first-order valence-electron chi connectivity index (χ1n) is 3.04. The van der Waals surface area contributed by atoms with E-state index in [0.717, 1.165) is 0 Å². The average molecular weight is 228 g/mol. The molecule has 0 radical (unpaired) electrons. The summed E-state index contributed by atoms with van der Waals surface area (Å²) in [6.45, 7) is 0. The SMILES string of the molecule is N#Cc1ccc(Br)c(C=O)c1F. The number of nitriles is 1. The summed E-state index contributed by atoms with van der Waals surface area (Å²) in [6.07, 6.45) is 0.375. The van der Waals surface area contributed by atoms with Crippen molar-refractivity contribution in [2.24, 2.45) is 0 Å². The molecule has 0 saturated heterocycles. The van der Waals surface area contributed by atoms with Crippen molar-refractivity contribution in [1.82, 2.24) is 0 Å². The van der Waals surface area contributed by atoms with Crippen LogP contribution in [0.4, 0.5) is 4.39 Å². The van der Waals surface area contributed by atoms with Gasteiger partial charge in [0, 0.05) is 4.47 Å². The molecule has 0 atom stereocenters. The van der Waals surface area contributed by atoms with E-state index in [9.17, 15) is 9.18 Å². The topological polar surface area (TPSA) is 40.9 Å². The summed E-state index contributed by atoms with van der Waals surface area (Å²) in [5.74, 6) is -0.776. The monoisotopic (exact) mass is 227 g/mol. The number of nitrogens with zero attached hydrogens (tertiary/aromatic N) is 1. The summed E-state index contributed by atoms with van der Waals surface area (Å²) in [4.78, 5) is 10.3. The molecule has 0 unspecified atom stereocenters. The molecule has 0 aliphatic heterocycles. The molecule has 0 aliphatic rings. The Balaban J connectivity index is 3.46. The van der Waals surface area contributed by atoms with Gasteiger partial charge < -0.3 is 0 Å². The second-order valence-electron chi connectivity index (χ2n) is 2.05. The average Bonchev–Trinajstić information content (AvgIpc) is 2.06. The third kappa shape index (κ3) is 1.36. The first-order chi connectivity index (χ1) is 5.70. The third-order valence-electron chi connectivity index (χ3n) is 1.36. The largest absolute Gasteiger partial charge is 0.298 e. The van der Waals surface area contributed by atoms with Crippen molar-refractivity contribution in [3.05, 3.63) is 33.5 Å². The Hall–Kier alpha value is -1.21. The predicted molar refractivity (Wildman–Crippen MR) is 44.2 cm³/mol. The lowest BCUT2D eigenvalue weighted by Gasteiger charge is -1.98. The van der Waals surface area contributed by atoms with Gasteiger partial charge in [-0.05, 0) is 28.1 Å². The Morgan fingerprint density at radius 2 is 2.25 bits per heavy atom. The van der Waals surface area contributed by atoms with E-state index >= 15 is 0 Å². The molecule has 2 nitrogen and oxygen atoms in total. The predicted octanol–water partition coefficient (Wildman–Crippen LogP) is 2.27. The first kappa shape index (κ1) is 8.88. The van der Waals surface area contributed by atoms with Crippen LogP contribution >= 0.6 is 15.9 Å². The van der Waals surface area contributed by atoms with Gasteiger partial charge in [0.05, 0.1) is 11.1 Å². The minimum atomic E-state index is -0.776. The summed E-state index contributed by atoms with van der Waals surface area (Å²) >= 11 is 2.99.